The van der Waals surface area contributed by atoms with Crippen molar-refractivity contribution in [3.05, 3.63) is 71.4 Å². The van der Waals surface area contributed by atoms with Crippen LogP contribution < -0.4 is 4.74 Å². The van der Waals surface area contributed by atoms with Gasteiger partial charge in [0.15, 0.2) is 0 Å². The van der Waals surface area contributed by atoms with E-state index in [1.807, 2.05) is 30.3 Å². The fraction of sp³-hybridized carbons (Fsp3) is 0.118. The second-order valence-electron chi connectivity index (χ2n) is 4.74. The van der Waals surface area contributed by atoms with Crippen LogP contribution in [0.1, 0.15) is 11.7 Å². The van der Waals surface area contributed by atoms with Crippen molar-refractivity contribution >= 4 is 22.5 Å². The Morgan fingerprint density at radius 2 is 1.86 bits per heavy atom. The Morgan fingerprint density at radius 1 is 1.10 bits per heavy atom. The molecule has 21 heavy (non-hydrogen) atoms. The molecule has 0 aliphatic rings. The van der Waals surface area contributed by atoms with Crippen LogP contribution in [-0.2, 0) is 0 Å². The number of aliphatic hydroxyl groups excluding tert-OH is 1. The molecule has 0 fully saturated rings. The van der Waals surface area contributed by atoms with Gasteiger partial charge in [-0.25, -0.2) is 0 Å². The molecule has 0 saturated heterocycles. The van der Waals surface area contributed by atoms with Crippen LogP contribution in [0.2, 0.25) is 5.02 Å². The maximum absolute atomic E-state index is 10.2. The summed E-state index contributed by atoms with van der Waals surface area (Å²) in [7, 11) is 0. The number of rotatable bonds is 4. The maximum atomic E-state index is 10.2. The lowest BCUT2D eigenvalue weighted by molar-refractivity contribution is 0.108. The van der Waals surface area contributed by atoms with Gasteiger partial charge in [0.1, 0.15) is 18.5 Å². The van der Waals surface area contributed by atoms with E-state index in [1.54, 1.807) is 30.5 Å². The molecule has 0 saturated carbocycles. The first-order valence-electron chi connectivity index (χ1n) is 6.63. The summed E-state index contributed by atoms with van der Waals surface area (Å²) in [6.07, 6.45) is 0.955. The fourth-order valence-corrected chi connectivity index (χ4v) is 2.20. The van der Waals surface area contributed by atoms with Crippen molar-refractivity contribution < 1.29 is 9.84 Å². The van der Waals surface area contributed by atoms with Gasteiger partial charge < -0.3 is 9.84 Å². The first kappa shape index (κ1) is 13.9. The highest BCUT2D eigenvalue weighted by molar-refractivity contribution is 6.30. The number of fused-ring (bicyclic) bond motifs is 1. The molecule has 0 spiro atoms. The molecule has 1 N–H and O–H groups in total. The predicted octanol–water partition coefficient (Wildman–Crippen LogP) is 4.00. The number of aromatic nitrogens is 1. The summed E-state index contributed by atoms with van der Waals surface area (Å²) < 4.78 is 5.55. The van der Waals surface area contributed by atoms with Crippen LogP contribution in [0.5, 0.6) is 5.75 Å². The molecule has 4 heteroatoms. The summed E-state index contributed by atoms with van der Waals surface area (Å²) in [4.78, 5) is 4.34. The highest BCUT2D eigenvalue weighted by atomic mass is 35.5. The van der Waals surface area contributed by atoms with Gasteiger partial charge in [0.05, 0.1) is 5.52 Å². The monoisotopic (exact) mass is 299 g/mol. The molecule has 1 aromatic heterocycles. The van der Waals surface area contributed by atoms with Crippen LogP contribution in [0.3, 0.4) is 0 Å². The zero-order chi connectivity index (χ0) is 14.7. The van der Waals surface area contributed by atoms with Crippen LogP contribution in [0.25, 0.3) is 10.9 Å². The normalized spacial score (nSPS) is 12.3. The molecule has 1 atom stereocenters. The highest BCUT2D eigenvalue weighted by Crippen LogP contribution is 2.20. The minimum absolute atomic E-state index is 0.168. The van der Waals surface area contributed by atoms with Crippen LogP contribution >= 0.6 is 11.6 Å². The third-order valence-corrected chi connectivity index (χ3v) is 3.47. The molecule has 0 amide bonds. The van der Waals surface area contributed by atoms with E-state index in [0.29, 0.717) is 10.8 Å². The van der Waals surface area contributed by atoms with E-state index in [9.17, 15) is 5.11 Å². The lowest BCUT2D eigenvalue weighted by Gasteiger charge is -2.13. The quantitative estimate of drug-likeness (QED) is 0.792. The van der Waals surface area contributed by atoms with Gasteiger partial charge in [-0.2, -0.15) is 0 Å². The molecule has 1 heterocycles. The Bertz CT molecular complexity index is 743. The van der Waals surface area contributed by atoms with E-state index in [0.717, 1.165) is 16.5 Å². The number of benzene rings is 2. The van der Waals surface area contributed by atoms with Crippen molar-refractivity contribution in [3.63, 3.8) is 0 Å². The molecule has 0 aliphatic carbocycles. The summed E-state index contributed by atoms with van der Waals surface area (Å²) in [5, 5.41) is 11.9. The average Bonchev–Trinajstić information content (AvgIpc) is 2.53. The average molecular weight is 300 g/mol. The summed E-state index contributed by atoms with van der Waals surface area (Å²) in [5.41, 5.74) is 1.65. The number of halogens is 1. The number of para-hydroxylation sites is 1. The number of hydrogen-bond acceptors (Lipinski definition) is 3. The molecule has 3 rings (SSSR count). The lowest BCUT2D eigenvalue weighted by atomic mass is 10.1. The molecule has 2 aromatic carbocycles. The molecule has 106 valence electrons. The maximum Gasteiger partial charge on any atom is 0.119 e. The van der Waals surface area contributed by atoms with Crippen molar-refractivity contribution in [2.45, 2.75) is 6.10 Å². The molecule has 0 bridgehead atoms. The standard InChI is InChI=1S/C17H14ClNO2/c18-14-5-7-15(8-6-14)21-11-17(20)13-9-12-3-1-2-4-16(12)19-10-13/h1-10,17,20H,11H2. The van der Waals surface area contributed by atoms with Gasteiger partial charge in [-0.3, -0.25) is 4.98 Å². The van der Waals surface area contributed by atoms with Crippen molar-refractivity contribution in [1.82, 2.24) is 4.98 Å². The van der Waals surface area contributed by atoms with E-state index in [1.165, 1.54) is 0 Å². The van der Waals surface area contributed by atoms with E-state index in [2.05, 4.69) is 4.98 Å². The largest absolute Gasteiger partial charge is 0.491 e. The minimum Gasteiger partial charge on any atom is -0.491 e. The second-order valence-corrected chi connectivity index (χ2v) is 5.18. The third kappa shape index (κ3) is 3.32. The first-order valence-corrected chi connectivity index (χ1v) is 7.01. The highest BCUT2D eigenvalue weighted by Gasteiger charge is 2.10. The Balaban J connectivity index is 1.71. The van der Waals surface area contributed by atoms with Crippen LogP contribution in [0.15, 0.2) is 60.8 Å². The Morgan fingerprint density at radius 3 is 2.67 bits per heavy atom. The fourth-order valence-electron chi connectivity index (χ4n) is 2.07. The summed E-state index contributed by atoms with van der Waals surface area (Å²) in [6, 6.07) is 16.8. The second kappa shape index (κ2) is 6.12. The van der Waals surface area contributed by atoms with Crippen molar-refractivity contribution in [2.75, 3.05) is 6.61 Å². The summed E-state index contributed by atoms with van der Waals surface area (Å²) in [6.45, 7) is 0.168. The zero-order valence-electron chi connectivity index (χ0n) is 11.2. The van der Waals surface area contributed by atoms with Gasteiger partial charge in [0.2, 0.25) is 0 Å². The summed E-state index contributed by atoms with van der Waals surface area (Å²) >= 11 is 5.81. The van der Waals surface area contributed by atoms with Crippen LogP contribution in [0.4, 0.5) is 0 Å². The lowest BCUT2D eigenvalue weighted by Crippen LogP contribution is -2.10. The van der Waals surface area contributed by atoms with Crippen LogP contribution in [-0.4, -0.2) is 16.7 Å². The topological polar surface area (TPSA) is 42.4 Å². The Hall–Kier alpha value is -2.10. The van der Waals surface area contributed by atoms with E-state index in [-0.39, 0.29) is 6.61 Å². The van der Waals surface area contributed by atoms with Gasteiger partial charge >= 0.3 is 0 Å². The molecule has 3 aromatic rings. The van der Waals surface area contributed by atoms with Gasteiger partial charge in [-0.15, -0.1) is 0 Å². The number of aliphatic hydroxyl groups is 1. The van der Waals surface area contributed by atoms with Gasteiger partial charge in [-0.1, -0.05) is 29.8 Å². The van der Waals surface area contributed by atoms with E-state index >= 15 is 0 Å². The first-order chi connectivity index (χ1) is 10.2. The molecular formula is C17H14ClNO2. The number of nitrogens with zero attached hydrogens (tertiary/aromatic N) is 1. The zero-order valence-corrected chi connectivity index (χ0v) is 12.0. The SMILES string of the molecule is OC(COc1ccc(Cl)cc1)c1cnc2ccccc2c1. The molecule has 0 radical (unpaired) electrons. The smallest absolute Gasteiger partial charge is 0.119 e. The Labute approximate surface area is 127 Å². The predicted molar refractivity (Wildman–Crippen MR) is 83.6 cm³/mol. The van der Waals surface area contributed by atoms with Crippen molar-refractivity contribution in [1.29, 1.82) is 0 Å². The Kier molecular flexibility index (Phi) is 4.04. The molecular weight excluding hydrogens is 286 g/mol. The van der Waals surface area contributed by atoms with Crippen molar-refractivity contribution in [2.24, 2.45) is 0 Å². The van der Waals surface area contributed by atoms with Gasteiger partial charge in [0, 0.05) is 22.2 Å². The number of pyridine rings is 1. The van der Waals surface area contributed by atoms with Crippen LogP contribution in [0, 0.1) is 0 Å². The van der Waals surface area contributed by atoms with E-state index < -0.39 is 6.10 Å². The third-order valence-electron chi connectivity index (χ3n) is 3.22. The number of hydrogen-bond donors (Lipinski definition) is 1. The molecule has 0 aliphatic heterocycles. The molecule has 1 unspecified atom stereocenters. The molecule has 3 nitrogen and oxygen atoms in total. The number of ether oxygens (including phenoxy) is 1. The minimum atomic E-state index is -0.724. The van der Waals surface area contributed by atoms with Gasteiger partial charge in [-0.05, 0) is 36.4 Å². The van der Waals surface area contributed by atoms with E-state index in [4.69, 9.17) is 16.3 Å². The summed E-state index contributed by atoms with van der Waals surface area (Å²) in [5.74, 6) is 0.673. The van der Waals surface area contributed by atoms with Gasteiger partial charge in [0.25, 0.3) is 0 Å². The van der Waals surface area contributed by atoms with Crippen molar-refractivity contribution in [3.8, 4) is 5.75 Å².